The van der Waals surface area contributed by atoms with Gasteiger partial charge in [-0.25, -0.2) is 13.1 Å². The van der Waals surface area contributed by atoms with E-state index >= 15 is 0 Å². The molecule has 1 fully saturated rings. The molecule has 0 atom stereocenters. The Morgan fingerprint density at radius 2 is 1.72 bits per heavy atom. The molecule has 1 aromatic carbocycles. The van der Waals surface area contributed by atoms with Crippen LogP contribution in [0, 0.1) is 6.92 Å². The van der Waals surface area contributed by atoms with Crippen LogP contribution in [0.3, 0.4) is 0 Å². The predicted octanol–water partition coefficient (Wildman–Crippen LogP) is 1.49. The summed E-state index contributed by atoms with van der Waals surface area (Å²) in [4.78, 5) is 2.32. The van der Waals surface area contributed by atoms with Crippen molar-refractivity contribution in [3.8, 4) is 11.6 Å². The summed E-state index contributed by atoms with van der Waals surface area (Å²) >= 11 is 0. The SMILES string of the molecule is COc1ccc(S(=O)(=O)N2CCN(c3ccc(-n4cccn4)nn3)CC2)cc1C. The topological polar surface area (TPSA) is 93.5 Å². The summed E-state index contributed by atoms with van der Waals surface area (Å²) in [6, 6.07) is 10.5. The van der Waals surface area contributed by atoms with Crippen molar-refractivity contribution in [3.63, 3.8) is 0 Å². The third kappa shape index (κ3) is 3.81. The van der Waals surface area contributed by atoms with Crippen molar-refractivity contribution in [2.45, 2.75) is 11.8 Å². The summed E-state index contributed by atoms with van der Waals surface area (Å²) in [6.45, 7) is 3.70. The van der Waals surface area contributed by atoms with E-state index in [0.29, 0.717) is 37.7 Å². The summed E-state index contributed by atoms with van der Waals surface area (Å²) in [7, 11) is -1.98. The van der Waals surface area contributed by atoms with Gasteiger partial charge < -0.3 is 9.64 Å². The highest BCUT2D eigenvalue weighted by atomic mass is 32.2. The maximum atomic E-state index is 13.0. The fourth-order valence-electron chi connectivity index (χ4n) is 3.33. The van der Waals surface area contributed by atoms with E-state index in [1.807, 2.05) is 30.0 Å². The monoisotopic (exact) mass is 414 g/mol. The lowest BCUT2D eigenvalue weighted by molar-refractivity contribution is 0.383. The van der Waals surface area contributed by atoms with Gasteiger partial charge in [-0.2, -0.15) is 9.40 Å². The number of hydrogen-bond acceptors (Lipinski definition) is 7. The predicted molar refractivity (Wildman–Crippen MR) is 108 cm³/mol. The summed E-state index contributed by atoms with van der Waals surface area (Å²) < 4.78 is 34.3. The number of aryl methyl sites for hydroxylation is 1. The molecular weight excluding hydrogens is 392 g/mol. The van der Waals surface area contributed by atoms with Crippen molar-refractivity contribution in [2.75, 3.05) is 38.2 Å². The van der Waals surface area contributed by atoms with Crippen LogP contribution in [0.5, 0.6) is 5.75 Å². The Kier molecular flexibility index (Phi) is 5.20. The van der Waals surface area contributed by atoms with Crippen LogP contribution in [-0.4, -0.2) is 66.0 Å². The number of aromatic nitrogens is 4. The molecule has 0 unspecified atom stereocenters. The molecule has 0 radical (unpaired) electrons. The summed E-state index contributed by atoms with van der Waals surface area (Å²) in [5.41, 5.74) is 0.791. The Balaban J connectivity index is 1.44. The number of sulfonamides is 1. The minimum atomic E-state index is -3.55. The number of piperazine rings is 1. The molecule has 0 N–H and O–H groups in total. The van der Waals surface area contributed by atoms with Crippen LogP contribution < -0.4 is 9.64 Å². The van der Waals surface area contributed by atoms with Crippen LogP contribution >= 0.6 is 0 Å². The van der Waals surface area contributed by atoms with Gasteiger partial charge in [-0.05, 0) is 48.9 Å². The van der Waals surface area contributed by atoms with Gasteiger partial charge in [-0.3, -0.25) is 0 Å². The third-order valence-electron chi connectivity index (χ3n) is 4.94. The zero-order valence-corrected chi connectivity index (χ0v) is 17.1. The summed E-state index contributed by atoms with van der Waals surface area (Å²) in [5.74, 6) is 2.03. The van der Waals surface area contributed by atoms with E-state index in [1.54, 1.807) is 42.4 Å². The molecule has 29 heavy (non-hydrogen) atoms. The Labute approximate surface area is 169 Å². The van der Waals surface area contributed by atoms with Crippen molar-refractivity contribution in [1.82, 2.24) is 24.3 Å². The molecule has 1 saturated heterocycles. The molecule has 0 saturated carbocycles. The van der Waals surface area contributed by atoms with Gasteiger partial charge in [-0.15, -0.1) is 10.2 Å². The first-order valence-electron chi connectivity index (χ1n) is 9.22. The van der Waals surface area contributed by atoms with E-state index < -0.39 is 10.0 Å². The lowest BCUT2D eigenvalue weighted by atomic mass is 10.2. The van der Waals surface area contributed by atoms with Crippen molar-refractivity contribution in [3.05, 3.63) is 54.4 Å². The van der Waals surface area contributed by atoms with Gasteiger partial charge in [0, 0.05) is 38.6 Å². The first kappa shape index (κ1) is 19.3. The maximum absolute atomic E-state index is 13.0. The van der Waals surface area contributed by atoms with Crippen LogP contribution in [0.4, 0.5) is 5.82 Å². The number of anilines is 1. The standard InChI is InChI=1S/C19H22N6O3S/c1-15-14-16(4-5-17(15)28-2)29(26,27)24-12-10-23(11-13-24)18-6-7-19(22-21-18)25-9-3-8-20-25/h3-9,14H,10-13H2,1-2H3. The van der Waals surface area contributed by atoms with Gasteiger partial charge in [0.15, 0.2) is 11.6 Å². The van der Waals surface area contributed by atoms with Gasteiger partial charge >= 0.3 is 0 Å². The molecule has 9 nitrogen and oxygen atoms in total. The molecule has 4 rings (SSSR count). The average Bonchev–Trinajstić information content (AvgIpc) is 3.29. The van der Waals surface area contributed by atoms with Gasteiger partial charge in [-0.1, -0.05) is 0 Å². The van der Waals surface area contributed by atoms with Gasteiger partial charge in [0.25, 0.3) is 0 Å². The zero-order valence-electron chi connectivity index (χ0n) is 16.3. The quantitative estimate of drug-likeness (QED) is 0.624. The number of methoxy groups -OCH3 is 1. The van der Waals surface area contributed by atoms with Crippen molar-refractivity contribution in [2.24, 2.45) is 0 Å². The number of nitrogens with zero attached hydrogens (tertiary/aromatic N) is 6. The van der Waals surface area contributed by atoms with Crippen LogP contribution in [0.2, 0.25) is 0 Å². The molecule has 3 heterocycles. The second-order valence-electron chi connectivity index (χ2n) is 6.72. The number of hydrogen-bond donors (Lipinski definition) is 0. The molecule has 152 valence electrons. The highest BCUT2D eigenvalue weighted by molar-refractivity contribution is 7.89. The lowest BCUT2D eigenvalue weighted by Crippen LogP contribution is -2.49. The molecule has 3 aromatic rings. The zero-order chi connectivity index (χ0) is 20.4. The minimum absolute atomic E-state index is 0.285. The van der Waals surface area contributed by atoms with E-state index in [2.05, 4.69) is 15.3 Å². The molecule has 1 aliphatic heterocycles. The minimum Gasteiger partial charge on any atom is -0.496 e. The molecule has 1 aliphatic rings. The molecular formula is C19H22N6O3S. The second kappa shape index (κ2) is 7.80. The van der Waals surface area contributed by atoms with E-state index in [9.17, 15) is 8.42 Å². The molecule has 10 heteroatoms. The highest BCUT2D eigenvalue weighted by Gasteiger charge is 2.29. The van der Waals surface area contributed by atoms with Crippen molar-refractivity contribution < 1.29 is 13.2 Å². The maximum Gasteiger partial charge on any atom is 0.243 e. The van der Waals surface area contributed by atoms with Crippen LogP contribution in [0.1, 0.15) is 5.56 Å². The van der Waals surface area contributed by atoms with Crippen molar-refractivity contribution >= 4 is 15.8 Å². The fraction of sp³-hybridized carbons (Fsp3) is 0.316. The molecule has 2 aromatic heterocycles. The van der Waals surface area contributed by atoms with Crippen LogP contribution in [0.25, 0.3) is 5.82 Å². The Morgan fingerprint density at radius 1 is 1.00 bits per heavy atom. The van der Waals surface area contributed by atoms with Crippen LogP contribution in [0.15, 0.2) is 53.7 Å². The molecule has 0 bridgehead atoms. The normalized spacial score (nSPS) is 15.4. The second-order valence-corrected chi connectivity index (χ2v) is 8.66. The lowest BCUT2D eigenvalue weighted by Gasteiger charge is -2.34. The highest BCUT2D eigenvalue weighted by Crippen LogP contribution is 2.25. The van der Waals surface area contributed by atoms with E-state index in [0.717, 1.165) is 11.4 Å². The van der Waals surface area contributed by atoms with Gasteiger partial charge in [0.2, 0.25) is 10.0 Å². The van der Waals surface area contributed by atoms with Crippen molar-refractivity contribution in [1.29, 1.82) is 0 Å². The first-order valence-corrected chi connectivity index (χ1v) is 10.7. The first-order chi connectivity index (χ1) is 14.0. The van der Waals surface area contributed by atoms with Gasteiger partial charge in [0.05, 0.1) is 12.0 Å². The largest absolute Gasteiger partial charge is 0.496 e. The Bertz CT molecular complexity index is 1080. The van der Waals surface area contributed by atoms with E-state index in [1.165, 1.54) is 4.31 Å². The smallest absolute Gasteiger partial charge is 0.243 e. The number of benzene rings is 1. The summed E-state index contributed by atoms with van der Waals surface area (Å²) in [5, 5.41) is 12.6. The third-order valence-corrected chi connectivity index (χ3v) is 6.84. The Hall–Kier alpha value is -2.98. The van der Waals surface area contributed by atoms with E-state index in [4.69, 9.17) is 4.74 Å². The number of ether oxygens (including phenoxy) is 1. The fourth-order valence-corrected chi connectivity index (χ4v) is 4.84. The van der Waals surface area contributed by atoms with Gasteiger partial charge in [0.1, 0.15) is 5.75 Å². The van der Waals surface area contributed by atoms with Crippen LogP contribution in [-0.2, 0) is 10.0 Å². The Morgan fingerprint density at radius 3 is 2.31 bits per heavy atom. The number of rotatable bonds is 5. The summed E-state index contributed by atoms with van der Waals surface area (Å²) in [6.07, 6.45) is 3.48. The van der Waals surface area contributed by atoms with E-state index in [-0.39, 0.29) is 4.90 Å². The molecule has 0 amide bonds. The molecule has 0 spiro atoms. The molecule has 0 aliphatic carbocycles. The average molecular weight is 414 g/mol.